The Bertz CT molecular complexity index is 602. The molecule has 1 saturated carbocycles. The first kappa shape index (κ1) is 21.1. The molecule has 7 nitrogen and oxygen atoms in total. The molecule has 0 unspecified atom stereocenters. The molecule has 1 aromatic heterocycles. The second-order valence-corrected chi connectivity index (χ2v) is 9.11. The normalized spacial score (nSPS) is 22.6. The molecule has 7 heteroatoms. The number of piperazine rings is 1. The number of hydrogen-bond donors (Lipinski definition) is 0. The molecule has 3 fully saturated rings. The standard InChI is InChI=1S/C22H39N5O2/c1-28-14-4-9-27-21(17-19-5-2-3-6-19)23-24-22(27)26-12-10-25(11-13-26)18-20-7-15-29-16-8-20/h19-20H,2-18H2,1H3. The van der Waals surface area contributed by atoms with Crippen molar-refractivity contribution in [3.05, 3.63) is 5.82 Å². The van der Waals surface area contributed by atoms with Crippen LogP contribution in [0.25, 0.3) is 0 Å². The van der Waals surface area contributed by atoms with Crippen molar-refractivity contribution in [2.45, 2.75) is 57.9 Å². The minimum absolute atomic E-state index is 0.791. The van der Waals surface area contributed by atoms with E-state index in [1.165, 1.54) is 50.9 Å². The van der Waals surface area contributed by atoms with Crippen molar-refractivity contribution in [3.8, 4) is 0 Å². The zero-order chi connectivity index (χ0) is 19.9. The van der Waals surface area contributed by atoms with Crippen LogP contribution in [0.2, 0.25) is 0 Å². The van der Waals surface area contributed by atoms with Crippen LogP contribution in [0, 0.1) is 11.8 Å². The van der Waals surface area contributed by atoms with E-state index in [2.05, 4.69) is 24.6 Å². The lowest BCUT2D eigenvalue weighted by Gasteiger charge is -2.37. The maximum atomic E-state index is 5.51. The number of aromatic nitrogens is 3. The van der Waals surface area contributed by atoms with Gasteiger partial charge in [0.05, 0.1) is 0 Å². The summed E-state index contributed by atoms with van der Waals surface area (Å²) in [5, 5.41) is 9.31. The minimum atomic E-state index is 0.791. The Labute approximate surface area is 175 Å². The highest BCUT2D eigenvalue weighted by Crippen LogP contribution is 2.29. The van der Waals surface area contributed by atoms with E-state index in [4.69, 9.17) is 9.47 Å². The Hall–Kier alpha value is -1.18. The summed E-state index contributed by atoms with van der Waals surface area (Å²) >= 11 is 0. The third-order valence-electron chi connectivity index (χ3n) is 7.00. The molecule has 2 saturated heterocycles. The Morgan fingerprint density at radius 2 is 1.72 bits per heavy atom. The first-order valence-electron chi connectivity index (χ1n) is 11.8. The molecular formula is C22H39N5O2. The summed E-state index contributed by atoms with van der Waals surface area (Å²) in [6, 6.07) is 0. The van der Waals surface area contributed by atoms with Gasteiger partial charge in [-0.3, -0.25) is 9.47 Å². The molecule has 0 radical (unpaired) electrons. The highest BCUT2D eigenvalue weighted by molar-refractivity contribution is 5.32. The van der Waals surface area contributed by atoms with Crippen molar-refractivity contribution in [3.63, 3.8) is 0 Å². The van der Waals surface area contributed by atoms with Crippen molar-refractivity contribution >= 4 is 5.95 Å². The Morgan fingerprint density at radius 1 is 0.966 bits per heavy atom. The summed E-state index contributed by atoms with van der Waals surface area (Å²) in [6.07, 6.45) is 10.0. The molecule has 0 bridgehead atoms. The van der Waals surface area contributed by atoms with Crippen LogP contribution in [0.5, 0.6) is 0 Å². The van der Waals surface area contributed by atoms with E-state index in [1.807, 2.05) is 0 Å². The van der Waals surface area contributed by atoms with E-state index in [9.17, 15) is 0 Å². The molecule has 0 N–H and O–H groups in total. The molecule has 4 rings (SSSR count). The molecule has 0 spiro atoms. The first-order valence-corrected chi connectivity index (χ1v) is 11.8. The maximum Gasteiger partial charge on any atom is 0.227 e. The van der Waals surface area contributed by atoms with Gasteiger partial charge in [0.2, 0.25) is 5.95 Å². The van der Waals surface area contributed by atoms with Gasteiger partial charge < -0.3 is 14.4 Å². The largest absolute Gasteiger partial charge is 0.385 e. The van der Waals surface area contributed by atoms with Gasteiger partial charge in [-0.2, -0.15) is 0 Å². The monoisotopic (exact) mass is 405 g/mol. The lowest BCUT2D eigenvalue weighted by Crippen LogP contribution is -2.49. The zero-order valence-electron chi connectivity index (χ0n) is 18.2. The summed E-state index contributed by atoms with van der Waals surface area (Å²) < 4.78 is 13.2. The van der Waals surface area contributed by atoms with Crippen molar-refractivity contribution in [1.29, 1.82) is 0 Å². The van der Waals surface area contributed by atoms with Crippen LogP contribution < -0.4 is 4.90 Å². The van der Waals surface area contributed by atoms with Crippen LogP contribution in [0.4, 0.5) is 5.95 Å². The van der Waals surface area contributed by atoms with Gasteiger partial charge in [-0.25, -0.2) is 0 Å². The third-order valence-corrected chi connectivity index (χ3v) is 7.00. The van der Waals surface area contributed by atoms with Gasteiger partial charge in [0.15, 0.2) is 0 Å². The number of ether oxygens (including phenoxy) is 2. The number of nitrogens with zero attached hydrogens (tertiary/aromatic N) is 5. The lowest BCUT2D eigenvalue weighted by molar-refractivity contribution is 0.0517. The molecular weight excluding hydrogens is 366 g/mol. The fourth-order valence-corrected chi connectivity index (χ4v) is 5.20. The van der Waals surface area contributed by atoms with E-state index >= 15 is 0 Å². The van der Waals surface area contributed by atoms with Crippen LogP contribution in [0.15, 0.2) is 0 Å². The predicted octanol–water partition coefficient (Wildman–Crippen LogP) is 2.60. The summed E-state index contributed by atoms with van der Waals surface area (Å²) in [7, 11) is 1.78. The molecule has 0 aromatic carbocycles. The van der Waals surface area contributed by atoms with Gasteiger partial charge in [-0.15, -0.1) is 10.2 Å². The van der Waals surface area contributed by atoms with Gasteiger partial charge in [0.1, 0.15) is 5.82 Å². The second kappa shape index (κ2) is 10.7. The quantitative estimate of drug-likeness (QED) is 0.589. The van der Waals surface area contributed by atoms with Crippen molar-refractivity contribution in [2.24, 2.45) is 11.8 Å². The van der Waals surface area contributed by atoms with E-state index in [1.54, 1.807) is 7.11 Å². The van der Waals surface area contributed by atoms with Gasteiger partial charge in [-0.1, -0.05) is 25.7 Å². The molecule has 3 heterocycles. The van der Waals surface area contributed by atoms with Crippen molar-refractivity contribution < 1.29 is 9.47 Å². The zero-order valence-corrected chi connectivity index (χ0v) is 18.2. The number of rotatable bonds is 9. The molecule has 164 valence electrons. The number of anilines is 1. The summed E-state index contributed by atoms with van der Waals surface area (Å²) in [4.78, 5) is 5.09. The molecule has 29 heavy (non-hydrogen) atoms. The van der Waals surface area contributed by atoms with E-state index < -0.39 is 0 Å². The van der Waals surface area contributed by atoms with Crippen LogP contribution in [0.1, 0.15) is 50.8 Å². The van der Waals surface area contributed by atoms with Crippen LogP contribution >= 0.6 is 0 Å². The first-order chi connectivity index (χ1) is 14.3. The molecule has 0 atom stereocenters. The summed E-state index contributed by atoms with van der Waals surface area (Å²) in [6.45, 7) is 9.22. The average molecular weight is 406 g/mol. The molecule has 2 aliphatic heterocycles. The molecule has 1 aromatic rings. The van der Waals surface area contributed by atoms with Crippen LogP contribution in [0.3, 0.4) is 0 Å². The molecule has 0 amide bonds. The average Bonchev–Trinajstić information content (AvgIpc) is 3.41. The van der Waals surface area contributed by atoms with Crippen molar-refractivity contribution in [2.75, 3.05) is 64.6 Å². The van der Waals surface area contributed by atoms with Gasteiger partial charge in [-0.05, 0) is 31.1 Å². The van der Waals surface area contributed by atoms with Crippen LogP contribution in [-0.2, 0) is 22.4 Å². The second-order valence-electron chi connectivity index (χ2n) is 9.11. The SMILES string of the molecule is COCCCn1c(CC2CCCC2)nnc1N1CCN(CC2CCOCC2)CC1. The smallest absolute Gasteiger partial charge is 0.227 e. The Kier molecular flexibility index (Phi) is 7.80. The highest BCUT2D eigenvalue weighted by Gasteiger charge is 2.26. The summed E-state index contributed by atoms with van der Waals surface area (Å²) in [5.41, 5.74) is 0. The van der Waals surface area contributed by atoms with Crippen LogP contribution in [-0.4, -0.2) is 79.3 Å². The molecule has 3 aliphatic rings. The predicted molar refractivity (Wildman–Crippen MR) is 114 cm³/mol. The Morgan fingerprint density at radius 3 is 2.45 bits per heavy atom. The van der Waals surface area contributed by atoms with Gasteiger partial charge >= 0.3 is 0 Å². The molecule has 1 aliphatic carbocycles. The number of methoxy groups -OCH3 is 1. The van der Waals surface area contributed by atoms with E-state index in [0.717, 1.165) is 83.2 Å². The maximum absolute atomic E-state index is 5.51. The van der Waals surface area contributed by atoms with E-state index in [0.29, 0.717) is 0 Å². The highest BCUT2D eigenvalue weighted by atomic mass is 16.5. The lowest BCUT2D eigenvalue weighted by atomic mass is 9.99. The number of hydrogen-bond acceptors (Lipinski definition) is 6. The topological polar surface area (TPSA) is 55.7 Å². The minimum Gasteiger partial charge on any atom is -0.385 e. The fraction of sp³-hybridized carbons (Fsp3) is 0.909. The third kappa shape index (κ3) is 5.70. The van der Waals surface area contributed by atoms with Gasteiger partial charge in [0.25, 0.3) is 0 Å². The Balaban J connectivity index is 1.35. The fourth-order valence-electron chi connectivity index (χ4n) is 5.20. The van der Waals surface area contributed by atoms with E-state index in [-0.39, 0.29) is 0 Å². The summed E-state index contributed by atoms with van der Waals surface area (Å²) in [5.74, 6) is 3.88. The van der Waals surface area contributed by atoms with Gasteiger partial charge in [0, 0.05) is 72.6 Å². The van der Waals surface area contributed by atoms with Crippen molar-refractivity contribution in [1.82, 2.24) is 19.7 Å².